The van der Waals surface area contributed by atoms with E-state index in [2.05, 4.69) is 14.1 Å². The summed E-state index contributed by atoms with van der Waals surface area (Å²) in [4.78, 5) is 11.7. The molecule has 1 heterocycles. The first-order chi connectivity index (χ1) is 8.54. The van der Waals surface area contributed by atoms with Crippen LogP contribution in [0.5, 0.6) is 0 Å². The molecule has 0 fully saturated rings. The predicted octanol–water partition coefficient (Wildman–Crippen LogP) is 3.10. The van der Waals surface area contributed by atoms with Crippen molar-refractivity contribution in [3.63, 3.8) is 0 Å². The van der Waals surface area contributed by atoms with Crippen molar-refractivity contribution in [2.45, 2.75) is 6.92 Å². The summed E-state index contributed by atoms with van der Waals surface area (Å²) >= 11 is 12.9. The number of aromatic nitrogens is 2. The number of nitriles is 1. The summed E-state index contributed by atoms with van der Waals surface area (Å²) in [7, 11) is 0. The number of benzene rings is 1. The summed E-state index contributed by atoms with van der Waals surface area (Å²) in [6.07, 6.45) is 0. The summed E-state index contributed by atoms with van der Waals surface area (Å²) in [6.45, 7) is 1.50. The molecule has 1 aromatic heterocycles. The monoisotopic (exact) mass is 300 g/mol. The molecular weight excluding hydrogens is 295 g/mol. The molecule has 0 saturated heterocycles. The zero-order chi connectivity index (χ0) is 13.3. The Bertz CT molecular complexity index is 664. The Balaban J connectivity index is 2.48. The molecule has 0 radical (unpaired) electrons. The van der Waals surface area contributed by atoms with Crippen molar-refractivity contribution in [1.29, 1.82) is 5.26 Å². The molecule has 0 aliphatic heterocycles. The molecule has 1 unspecified atom stereocenters. The first-order valence-electron chi connectivity index (χ1n) is 4.85. The summed E-state index contributed by atoms with van der Waals surface area (Å²) in [5.74, 6) is -1.23. The standard InChI is InChI=1S/C10H6Cl2N4OS/c1-4(3-13)10(17)14-7-5(11)2-6(12)8-9(7)16-18-15-8/h2,4H,1H3,(H,14,17). The number of fused-ring (bicyclic) bond motifs is 1. The number of carbonyl (C=O) groups excluding carboxylic acids is 1. The average Bonchev–Trinajstić information content (AvgIpc) is 2.82. The van der Waals surface area contributed by atoms with Gasteiger partial charge in [-0.15, -0.1) is 0 Å². The lowest BCUT2D eigenvalue weighted by atomic mass is 10.2. The van der Waals surface area contributed by atoms with Crippen LogP contribution in [0.1, 0.15) is 6.92 Å². The van der Waals surface area contributed by atoms with E-state index < -0.39 is 11.8 Å². The number of hydrogen-bond acceptors (Lipinski definition) is 5. The Labute approximate surface area is 117 Å². The van der Waals surface area contributed by atoms with Gasteiger partial charge in [-0.05, 0) is 13.0 Å². The molecule has 0 spiro atoms. The van der Waals surface area contributed by atoms with E-state index in [1.54, 1.807) is 0 Å². The van der Waals surface area contributed by atoms with E-state index in [9.17, 15) is 4.79 Å². The summed E-state index contributed by atoms with van der Waals surface area (Å²) in [6, 6.07) is 3.33. The van der Waals surface area contributed by atoms with Crippen LogP contribution in [0.2, 0.25) is 10.0 Å². The van der Waals surface area contributed by atoms with Gasteiger partial charge in [-0.25, -0.2) is 0 Å². The van der Waals surface area contributed by atoms with Crippen LogP contribution in [0.3, 0.4) is 0 Å². The molecular formula is C10H6Cl2N4OS. The number of amides is 1. The number of hydrogen-bond donors (Lipinski definition) is 1. The third-order valence-corrected chi connectivity index (χ3v) is 3.39. The molecule has 2 aromatic rings. The fraction of sp³-hybridized carbons (Fsp3) is 0.200. The minimum atomic E-state index is -0.779. The average molecular weight is 301 g/mol. The van der Waals surface area contributed by atoms with Gasteiger partial charge in [0.1, 0.15) is 17.0 Å². The van der Waals surface area contributed by atoms with E-state index in [-0.39, 0.29) is 5.02 Å². The van der Waals surface area contributed by atoms with Gasteiger partial charge in [0.2, 0.25) is 5.91 Å². The molecule has 1 atom stereocenters. The van der Waals surface area contributed by atoms with Crippen molar-refractivity contribution in [3.05, 3.63) is 16.1 Å². The Morgan fingerprint density at radius 3 is 2.78 bits per heavy atom. The fourth-order valence-electron chi connectivity index (χ4n) is 1.28. The van der Waals surface area contributed by atoms with Crippen LogP contribution in [0, 0.1) is 17.2 Å². The second-order valence-corrected chi connectivity index (χ2v) is 4.86. The molecule has 2 rings (SSSR count). The van der Waals surface area contributed by atoms with E-state index in [4.69, 9.17) is 28.5 Å². The smallest absolute Gasteiger partial charge is 0.241 e. The highest BCUT2D eigenvalue weighted by Crippen LogP contribution is 2.35. The number of carbonyl (C=O) groups is 1. The van der Waals surface area contributed by atoms with Crippen LogP contribution in [0.4, 0.5) is 5.69 Å². The number of nitrogens with zero attached hydrogens (tertiary/aromatic N) is 3. The largest absolute Gasteiger partial charge is 0.322 e. The molecule has 0 aliphatic rings. The van der Waals surface area contributed by atoms with Gasteiger partial charge in [0.05, 0.1) is 33.5 Å². The number of anilines is 1. The lowest BCUT2D eigenvalue weighted by Crippen LogP contribution is -2.19. The highest BCUT2D eigenvalue weighted by molar-refractivity contribution is 7.00. The normalized spacial score (nSPS) is 12.1. The Kier molecular flexibility index (Phi) is 3.66. The van der Waals surface area contributed by atoms with Crippen molar-refractivity contribution in [2.24, 2.45) is 5.92 Å². The number of nitrogens with one attached hydrogen (secondary N) is 1. The topological polar surface area (TPSA) is 78.7 Å². The summed E-state index contributed by atoms with van der Waals surface area (Å²) in [5, 5.41) is 11.9. The van der Waals surface area contributed by atoms with Crippen molar-refractivity contribution in [2.75, 3.05) is 5.32 Å². The Hall–Kier alpha value is -1.42. The van der Waals surface area contributed by atoms with Gasteiger partial charge in [0.15, 0.2) is 0 Å². The zero-order valence-corrected chi connectivity index (χ0v) is 11.4. The van der Waals surface area contributed by atoms with Gasteiger partial charge in [-0.2, -0.15) is 14.0 Å². The van der Waals surface area contributed by atoms with Gasteiger partial charge in [-0.3, -0.25) is 4.79 Å². The van der Waals surface area contributed by atoms with E-state index in [0.717, 1.165) is 11.7 Å². The lowest BCUT2D eigenvalue weighted by molar-refractivity contribution is -0.117. The van der Waals surface area contributed by atoms with Gasteiger partial charge in [0.25, 0.3) is 0 Å². The predicted molar refractivity (Wildman–Crippen MR) is 70.8 cm³/mol. The fourth-order valence-corrected chi connectivity index (χ4v) is 2.44. The van der Waals surface area contributed by atoms with Crippen LogP contribution in [-0.4, -0.2) is 14.7 Å². The summed E-state index contributed by atoms with van der Waals surface area (Å²) < 4.78 is 8.06. The molecule has 1 aromatic carbocycles. The quantitative estimate of drug-likeness (QED) is 0.924. The lowest BCUT2D eigenvalue weighted by Gasteiger charge is -2.09. The molecule has 1 amide bonds. The second kappa shape index (κ2) is 5.06. The van der Waals surface area contributed by atoms with E-state index >= 15 is 0 Å². The molecule has 92 valence electrons. The third kappa shape index (κ3) is 2.25. The molecule has 5 nitrogen and oxygen atoms in total. The minimum Gasteiger partial charge on any atom is -0.322 e. The number of rotatable bonds is 2. The molecule has 1 N–H and O–H groups in total. The summed E-state index contributed by atoms with van der Waals surface area (Å²) in [5.41, 5.74) is 1.24. The van der Waals surface area contributed by atoms with Crippen molar-refractivity contribution in [1.82, 2.24) is 8.75 Å². The second-order valence-electron chi connectivity index (χ2n) is 3.52. The molecule has 0 aliphatic carbocycles. The van der Waals surface area contributed by atoms with E-state index in [1.807, 2.05) is 6.07 Å². The van der Waals surface area contributed by atoms with Crippen molar-refractivity contribution < 1.29 is 4.79 Å². The van der Waals surface area contributed by atoms with Crippen LogP contribution in [0.15, 0.2) is 6.07 Å². The SMILES string of the molecule is CC(C#N)C(=O)Nc1c(Cl)cc(Cl)c2nsnc12. The maximum atomic E-state index is 11.7. The zero-order valence-electron chi connectivity index (χ0n) is 9.07. The molecule has 0 bridgehead atoms. The highest BCUT2D eigenvalue weighted by atomic mass is 35.5. The van der Waals surface area contributed by atoms with Gasteiger partial charge in [-0.1, -0.05) is 23.2 Å². The van der Waals surface area contributed by atoms with Crippen LogP contribution in [-0.2, 0) is 4.79 Å². The van der Waals surface area contributed by atoms with Crippen LogP contribution >= 0.6 is 34.9 Å². The maximum Gasteiger partial charge on any atom is 0.241 e. The van der Waals surface area contributed by atoms with Crippen LogP contribution in [0.25, 0.3) is 11.0 Å². The number of halogens is 2. The first kappa shape index (κ1) is 13.0. The maximum absolute atomic E-state index is 11.7. The minimum absolute atomic E-state index is 0.263. The Morgan fingerprint density at radius 2 is 2.11 bits per heavy atom. The van der Waals surface area contributed by atoms with Crippen LogP contribution < -0.4 is 5.32 Å². The first-order valence-corrected chi connectivity index (χ1v) is 6.34. The van der Waals surface area contributed by atoms with Crippen molar-refractivity contribution in [3.8, 4) is 6.07 Å². The third-order valence-electron chi connectivity index (χ3n) is 2.28. The van der Waals surface area contributed by atoms with Gasteiger partial charge >= 0.3 is 0 Å². The molecule has 18 heavy (non-hydrogen) atoms. The van der Waals surface area contributed by atoms with E-state index in [0.29, 0.717) is 21.7 Å². The highest BCUT2D eigenvalue weighted by Gasteiger charge is 2.18. The van der Waals surface area contributed by atoms with E-state index in [1.165, 1.54) is 13.0 Å². The van der Waals surface area contributed by atoms with Gasteiger partial charge in [0, 0.05) is 0 Å². The van der Waals surface area contributed by atoms with Crippen molar-refractivity contribution >= 4 is 57.6 Å². The molecule has 8 heteroatoms. The Morgan fingerprint density at radius 1 is 1.44 bits per heavy atom. The molecule has 0 saturated carbocycles. The van der Waals surface area contributed by atoms with Gasteiger partial charge < -0.3 is 5.32 Å².